The second kappa shape index (κ2) is 15.4. The molecule has 0 atom stereocenters. The Bertz CT molecular complexity index is 601. The minimum Gasteiger partial charge on any atom is -0.385 e. The van der Waals surface area contributed by atoms with E-state index in [2.05, 4.69) is 48.2 Å². The molecule has 0 spiro atoms. The third-order valence-corrected chi connectivity index (χ3v) is 4.37. The number of halogens is 1. The Kier molecular flexibility index (Phi) is 14.6. The summed E-state index contributed by atoms with van der Waals surface area (Å²) in [5, 5.41) is 17.5. The molecular weight excluding hydrogens is 485 g/mol. The van der Waals surface area contributed by atoms with E-state index in [1.165, 1.54) is 12.1 Å². The minimum absolute atomic E-state index is 0. The van der Waals surface area contributed by atoms with Gasteiger partial charge in [-0.05, 0) is 39.7 Å². The van der Waals surface area contributed by atoms with Crippen LogP contribution in [0.25, 0.3) is 0 Å². The van der Waals surface area contributed by atoms with Gasteiger partial charge >= 0.3 is 0 Å². The van der Waals surface area contributed by atoms with E-state index in [1.54, 1.807) is 19.2 Å². The maximum absolute atomic E-state index is 10.8. The van der Waals surface area contributed by atoms with E-state index in [4.69, 9.17) is 4.74 Å². The maximum atomic E-state index is 10.8. The highest BCUT2D eigenvalue weighted by Gasteiger charge is 2.12. The number of guanidine groups is 1. The molecule has 0 saturated heterocycles. The topological polar surface area (TPSA) is 92.0 Å². The first-order valence-electron chi connectivity index (χ1n) is 9.85. The second-order valence-corrected chi connectivity index (χ2v) is 7.21. The number of aliphatic imine (C=N–C) groups is 1. The summed E-state index contributed by atoms with van der Waals surface area (Å²) in [6.45, 7) is 12.4. The molecule has 9 heteroatoms. The van der Waals surface area contributed by atoms with E-state index in [9.17, 15) is 10.1 Å². The highest BCUT2D eigenvalue weighted by molar-refractivity contribution is 14.0. The van der Waals surface area contributed by atoms with Gasteiger partial charge in [-0.25, -0.2) is 4.99 Å². The third kappa shape index (κ3) is 11.3. The van der Waals surface area contributed by atoms with E-state index in [0.717, 1.165) is 37.6 Å². The molecule has 166 valence electrons. The lowest BCUT2D eigenvalue weighted by Gasteiger charge is -2.30. The van der Waals surface area contributed by atoms with Crippen LogP contribution in [0.1, 0.15) is 39.7 Å². The van der Waals surface area contributed by atoms with Crippen molar-refractivity contribution in [2.45, 2.75) is 52.7 Å². The van der Waals surface area contributed by atoms with Crippen LogP contribution < -0.4 is 10.6 Å². The van der Waals surface area contributed by atoms with Crippen LogP contribution in [0.3, 0.4) is 0 Å². The average molecular weight is 521 g/mol. The Morgan fingerprint density at radius 3 is 2.24 bits per heavy atom. The van der Waals surface area contributed by atoms with Crippen molar-refractivity contribution in [3.8, 4) is 0 Å². The number of ether oxygens (including phenoxy) is 1. The zero-order chi connectivity index (χ0) is 20.9. The van der Waals surface area contributed by atoms with Crippen LogP contribution in [0.5, 0.6) is 0 Å². The number of methoxy groups -OCH3 is 1. The molecule has 0 amide bonds. The van der Waals surface area contributed by atoms with Gasteiger partial charge in [0.15, 0.2) is 5.96 Å². The number of nitrogens with one attached hydrogen (secondary N) is 2. The number of nitrogens with zero attached hydrogens (tertiary/aromatic N) is 3. The molecule has 0 unspecified atom stereocenters. The number of nitro benzene ring substituents is 1. The number of hydrogen-bond acceptors (Lipinski definition) is 5. The summed E-state index contributed by atoms with van der Waals surface area (Å²) in [6, 6.07) is 7.46. The normalized spacial score (nSPS) is 11.7. The van der Waals surface area contributed by atoms with E-state index in [-0.39, 0.29) is 29.7 Å². The SMILES string of the molecule is COCCCNC(=NCc1ccc([N+](=O)[O-])cc1)NCCN(C(C)C)C(C)C.I. The van der Waals surface area contributed by atoms with Crippen molar-refractivity contribution in [2.24, 2.45) is 4.99 Å². The number of nitro groups is 1. The first-order valence-corrected chi connectivity index (χ1v) is 9.85. The zero-order valence-electron chi connectivity index (χ0n) is 18.2. The summed E-state index contributed by atoms with van der Waals surface area (Å²) < 4.78 is 5.09. The summed E-state index contributed by atoms with van der Waals surface area (Å²) in [4.78, 5) is 17.4. The lowest BCUT2D eigenvalue weighted by molar-refractivity contribution is -0.384. The molecule has 0 aliphatic heterocycles. The third-order valence-electron chi connectivity index (χ3n) is 4.37. The van der Waals surface area contributed by atoms with Gasteiger partial charge in [0.2, 0.25) is 0 Å². The van der Waals surface area contributed by atoms with Gasteiger partial charge in [0.05, 0.1) is 11.5 Å². The summed E-state index contributed by atoms with van der Waals surface area (Å²) >= 11 is 0. The van der Waals surface area contributed by atoms with Crippen molar-refractivity contribution in [2.75, 3.05) is 33.4 Å². The van der Waals surface area contributed by atoms with Gasteiger partial charge in [-0.3, -0.25) is 15.0 Å². The highest BCUT2D eigenvalue weighted by atomic mass is 127. The van der Waals surface area contributed by atoms with Gasteiger partial charge in [-0.2, -0.15) is 0 Å². The van der Waals surface area contributed by atoms with Crippen LogP contribution in [0.2, 0.25) is 0 Å². The molecule has 0 aromatic heterocycles. The lowest BCUT2D eigenvalue weighted by Crippen LogP contribution is -2.45. The van der Waals surface area contributed by atoms with Gasteiger partial charge in [-0.1, -0.05) is 12.1 Å². The molecule has 8 nitrogen and oxygen atoms in total. The first kappa shape index (κ1) is 27.5. The molecular formula is C20H36IN5O3. The summed E-state index contributed by atoms with van der Waals surface area (Å²) in [6.07, 6.45) is 0.888. The number of benzene rings is 1. The van der Waals surface area contributed by atoms with Gasteiger partial charge in [-0.15, -0.1) is 24.0 Å². The lowest BCUT2D eigenvalue weighted by atomic mass is 10.2. The average Bonchev–Trinajstić information content (AvgIpc) is 2.65. The fourth-order valence-electron chi connectivity index (χ4n) is 2.91. The molecule has 1 rings (SSSR count). The smallest absolute Gasteiger partial charge is 0.269 e. The number of non-ortho nitro benzene ring substituents is 1. The Labute approximate surface area is 191 Å². The van der Waals surface area contributed by atoms with Crippen LogP contribution in [-0.2, 0) is 11.3 Å². The van der Waals surface area contributed by atoms with Crippen LogP contribution in [0.4, 0.5) is 5.69 Å². The predicted molar refractivity (Wildman–Crippen MR) is 129 cm³/mol. The largest absolute Gasteiger partial charge is 0.385 e. The number of rotatable bonds is 12. The molecule has 0 fully saturated rings. The molecule has 29 heavy (non-hydrogen) atoms. The van der Waals surface area contributed by atoms with Crippen molar-refractivity contribution in [3.63, 3.8) is 0 Å². The van der Waals surface area contributed by atoms with Crippen LogP contribution >= 0.6 is 24.0 Å². The molecule has 0 aliphatic carbocycles. The van der Waals surface area contributed by atoms with Gasteiger partial charge in [0.1, 0.15) is 0 Å². The van der Waals surface area contributed by atoms with E-state index >= 15 is 0 Å². The second-order valence-electron chi connectivity index (χ2n) is 7.21. The summed E-state index contributed by atoms with van der Waals surface area (Å²) in [5.74, 6) is 0.738. The van der Waals surface area contributed by atoms with Crippen molar-refractivity contribution in [1.82, 2.24) is 15.5 Å². The molecule has 0 bridgehead atoms. The Morgan fingerprint density at radius 1 is 1.14 bits per heavy atom. The molecule has 0 aliphatic rings. The van der Waals surface area contributed by atoms with Gasteiger partial charge in [0, 0.05) is 57.6 Å². The highest BCUT2D eigenvalue weighted by Crippen LogP contribution is 2.12. The van der Waals surface area contributed by atoms with Crippen molar-refractivity contribution in [3.05, 3.63) is 39.9 Å². The van der Waals surface area contributed by atoms with Crippen LogP contribution in [-0.4, -0.2) is 61.2 Å². The number of hydrogen-bond donors (Lipinski definition) is 2. The fraction of sp³-hybridized carbons (Fsp3) is 0.650. The van der Waals surface area contributed by atoms with Crippen molar-refractivity contribution < 1.29 is 9.66 Å². The summed E-state index contributed by atoms with van der Waals surface area (Å²) in [7, 11) is 1.69. The monoisotopic (exact) mass is 521 g/mol. The van der Waals surface area contributed by atoms with Gasteiger partial charge < -0.3 is 15.4 Å². The fourth-order valence-corrected chi connectivity index (χ4v) is 2.91. The molecule has 0 heterocycles. The molecule has 1 aromatic carbocycles. The van der Waals surface area contributed by atoms with Crippen LogP contribution in [0.15, 0.2) is 29.3 Å². The van der Waals surface area contributed by atoms with Crippen molar-refractivity contribution >= 4 is 35.6 Å². The Balaban J connectivity index is 0.00000784. The Hall–Kier alpha value is -1.46. The summed E-state index contributed by atoms with van der Waals surface area (Å²) in [5.41, 5.74) is 1.01. The van der Waals surface area contributed by atoms with E-state index in [1.807, 2.05) is 0 Å². The van der Waals surface area contributed by atoms with Gasteiger partial charge in [0.25, 0.3) is 5.69 Å². The quantitative estimate of drug-likeness (QED) is 0.109. The molecule has 2 N–H and O–H groups in total. The molecule has 1 aromatic rings. The van der Waals surface area contributed by atoms with Crippen molar-refractivity contribution in [1.29, 1.82) is 0 Å². The molecule has 0 radical (unpaired) electrons. The maximum Gasteiger partial charge on any atom is 0.269 e. The first-order chi connectivity index (χ1) is 13.3. The molecule has 0 saturated carbocycles. The Morgan fingerprint density at radius 2 is 1.72 bits per heavy atom. The van der Waals surface area contributed by atoms with Crippen LogP contribution in [0, 0.1) is 10.1 Å². The predicted octanol–water partition coefficient (Wildman–Crippen LogP) is 3.40. The van der Waals surface area contributed by atoms with E-state index in [0.29, 0.717) is 25.2 Å². The standard InChI is InChI=1S/C20H35N5O3.HI/c1-16(2)24(17(3)4)13-12-22-20(21-11-6-14-28-5)23-15-18-7-9-19(10-8-18)25(26)27;/h7-10,16-17H,6,11-15H2,1-5H3,(H2,21,22,23);1H. The van der Waals surface area contributed by atoms with E-state index < -0.39 is 4.92 Å². The minimum atomic E-state index is -0.396. The zero-order valence-corrected chi connectivity index (χ0v) is 20.5.